The molecule has 26 heavy (non-hydrogen) atoms. The normalized spacial score (nSPS) is 11.5. The topological polar surface area (TPSA) is 96.9 Å². The van der Waals surface area contributed by atoms with E-state index in [0.717, 1.165) is 34.0 Å². The van der Waals surface area contributed by atoms with Crippen LogP contribution in [0.5, 0.6) is 5.75 Å². The summed E-state index contributed by atoms with van der Waals surface area (Å²) in [5, 5.41) is 10.7. The molecular weight excluding hydrogens is 328 g/mol. The van der Waals surface area contributed by atoms with E-state index in [1.807, 2.05) is 42.0 Å². The fourth-order valence-corrected chi connectivity index (χ4v) is 3.29. The number of nitrogens with zero attached hydrogens (tertiary/aromatic N) is 2. The summed E-state index contributed by atoms with van der Waals surface area (Å²) in [5.41, 5.74) is 9.95. The minimum atomic E-state index is -0.229. The van der Waals surface area contributed by atoms with Gasteiger partial charge in [0.25, 0.3) is 5.56 Å². The lowest BCUT2D eigenvalue weighted by atomic mass is 10.1. The number of hydrogen-bond donors (Lipinski definition) is 3. The van der Waals surface area contributed by atoms with Gasteiger partial charge in [-0.3, -0.25) is 4.79 Å². The molecule has 0 radical (unpaired) electrons. The molecule has 0 saturated heterocycles. The Hall–Kier alpha value is -3.12. The van der Waals surface area contributed by atoms with Gasteiger partial charge in [0, 0.05) is 29.8 Å². The number of phenols is 1. The lowest BCUT2D eigenvalue weighted by Crippen LogP contribution is -2.11. The number of aromatic amines is 1. The number of nitrogens with two attached hydrogens (primary N) is 1. The van der Waals surface area contributed by atoms with E-state index in [9.17, 15) is 9.90 Å². The standard InChI is InChI=1S/C20H20N4O2/c1-12-3-6-16-17(9-12)22-19(20(26)23-16)15-11-24(8-2-7-21)18-10-13(25)4-5-14(15)18/h3-6,9-11,25H,2,7-8,21H2,1H3,(H,23,26). The van der Waals surface area contributed by atoms with Gasteiger partial charge in [-0.15, -0.1) is 0 Å². The summed E-state index contributed by atoms with van der Waals surface area (Å²) in [6.45, 7) is 3.27. The first-order chi connectivity index (χ1) is 12.6. The van der Waals surface area contributed by atoms with Crippen molar-refractivity contribution >= 4 is 21.9 Å². The summed E-state index contributed by atoms with van der Waals surface area (Å²) in [5.74, 6) is 0.187. The van der Waals surface area contributed by atoms with E-state index in [1.165, 1.54) is 0 Å². The molecule has 0 aliphatic heterocycles. The Balaban J connectivity index is 1.98. The van der Waals surface area contributed by atoms with Crippen molar-refractivity contribution in [2.75, 3.05) is 6.54 Å². The SMILES string of the molecule is Cc1ccc2[nH]c(=O)c(-c3cn(CCCN)c4cc(O)ccc34)nc2c1. The zero-order chi connectivity index (χ0) is 18.3. The zero-order valence-electron chi connectivity index (χ0n) is 14.5. The van der Waals surface area contributed by atoms with Crippen LogP contribution in [0.25, 0.3) is 33.2 Å². The van der Waals surface area contributed by atoms with Crippen LogP contribution in [0, 0.1) is 6.92 Å². The summed E-state index contributed by atoms with van der Waals surface area (Å²) in [7, 11) is 0. The molecule has 4 N–H and O–H groups in total. The van der Waals surface area contributed by atoms with Crippen molar-refractivity contribution in [1.82, 2.24) is 14.5 Å². The molecule has 0 unspecified atom stereocenters. The van der Waals surface area contributed by atoms with Crippen molar-refractivity contribution in [3.63, 3.8) is 0 Å². The second-order valence-corrected chi connectivity index (χ2v) is 6.51. The van der Waals surface area contributed by atoms with Gasteiger partial charge < -0.3 is 20.4 Å². The van der Waals surface area contributed by atoms with Gasteiger partial charge in [0.15, 0.2) is 0 Å². The Bertz CT molecular complexity index is 1170. The molecule has 132 valence electrons. The molecule has 0 atom stereocenters. The molecule has 6 nitrogen and oxygen atoms in total. The first kappa shape index (κ1) is 16.4. The third-order valence-corrected chi connectivity index (χ3v) is 4.57. The first-order valence-corrected chi connectivity index (χ1v) is 8.60. The largest absolute Gasteiger partial charge is 0.508 e. The average Bonchev–Trinajstić information content (AvgIpc) is 2.97. The maximum Gasteiger partial charge on any atom is 0.275 e. The van der Waals surface area contributed by atoms with E-state index < -0.39 is 0 Å². The smallest absolute Gasteiger partial charge is 0.275 e. The van der Waals surface area contributed by atoms with Crippen LogP contribution in [0.1, 0.15) is 12.0 Å². The molecule has 2 aromatic carbocycles. The number of aryl methyl sites for hydroxylation is 2. The minimum Gasteiger partial charge on any atom is -0.508 e. The Morgan fingerprint density at radius 2 is 2.08 bits per heavy atom. The van der Waals surface area contributed by atoms with Gasteiger partial charge in [-0.1, -0.05) is 6.07 Å². The summed E-state index contributed by atoms with van der Waals surface area (Å²) in [6.07, 6.45) is 2.72. The average molecular weight is 348 g/mol. The molecule has 2 aromatic heterocycles. The Kier molecular flexibility index (Phi) is 3.97. The molecule has 4 rings (SSSR count). The van der Waals surface area contributed by atoms with E-state index >= 15 is 0 Å². The lowest BCUT2D eigenvalue weighted by Gasteiger charge is -2.03. The number of nitrogens with one attached hydrogen (secondary N) is 1. The fraction of sp³-hybridized carbons (Fsp3) is 0.200. The number of H-pyrrole nitrogens is 1. The van der Waals surface area contributed by atoms with Crippen LogP contribution in [0.4, 0.5) is 0 Å². The van der Waals surface area contributed by atoms with Gasteiger partial charge in [0.2, 0.25) is 0 Å². The van der Waals surface area contributed by atoms with E-state index in [1.54, 1.807) is 12.1 Å². The number of phenolic OH excluding ortho intramolecular Hbond substituents is 1. The predicted octanol–water partition coefficient (Wildman–Crippen LogP) is 2.91. The second kappa shape index (κ2) is 6.31. The number of rotatable bonds is 4. The van der Waals surface area contributed by atoms with Crippen molar-refractivity contribution in [3.8, 4) is 17.0 Å². The van der Waals surface area contributed by atoms with Crippen molar-refractivity contribution in [2.45, 2.75) is 19.9 Å². The summed E-state index contributed by atoms with van der Waals surface area (Å²) in [4.78, 5) is 20.2. The van der Waals surface area contributed by atoms with Crippen LogP contribution in [0.15, 0.2) is 47.4 Å². The number of hydrogen-bond acceptors (Lipinski definition) is 4. The van der Waals surface area contributed by atoms with Crippen molar-refractivity contribution in [1.29, 1.82) is 0 Å². The van der Waals surface area contributed by atoms with Crippen LogP contribution in [-0.2, 0) is 6.54 Å². The Morgan fingerprint density at radius 3 is 2.88 bits per heavy atom. The van der Waals surface area contributed by atoms with Crippen LogP contribution in [0.3, 0.4) is 0 Å². The molecule has 2 heterocycles. The predicted molar refractivity (Wildman–Crippen MR) is 103 cm³/mol. The van der Waals surface area contributed by atoms with Crippen LogP contribution in [-0.4, -0.2) is 26.2 Å². The molecule has 0 bridgehead atoms. The number of benzene rings is 2. The fourth-order valence-electron chi connectivity index (χ4n) is 3.29. The van der Waals surface area contributed by atoms with Crippen molar-refractivity contribution in [2.24, 2.45) is 5.73 Å². The van der Waals surface area contributed by atoms with E-state index in [-0.39, 0.29) is 11.3 Å². The van der Waals surface area contributed by atoms with Gasteiger partial charge in [-0.05, 0) is 49.7 Å². The Morgan fingerprint density at radius 1 is 1.23 bits per heavy atom. The molecule has 6 heteroatoms. The number of fused-ring (bicyclic) bond motifs is 2. The molecule has 0 aliphatic carbocycles. The molecule has 4 aromatic rings. The highest BCUT2D eigenvalue weighted by molar-refractivity contribution is 5.96. The van der Waals surface area contributed by atoms with Gasteiger partial charge in [-0.2, -0.15) is 0 Å². The highest BCUT2D eigenvalue weighted by Gasteiger charge is 2.16. The second-order valence-electron chi connectivity index (χ2n) is 6.51. The number of aromatic hydroxyl groups is 1. The van der Waals surface area contributed by atoms with Gasteiger partial charge in [0.1, 0.15) is 11.4 Å². The van der Waals surface area contributed by atoms with Crippen molar-refractivity contribution < 1.29 is 5.11 Å². The minimum absolute atomic E-state index is 0.187. The number of aromatic nitrogens is 3. The quantitative estimate of drug-likeness (QED) is 0.528. The highest BCUT2D eigenvalue weighted by atomic mass is 16.3. The maximum atomic E-state index is 12.7. The molecular formula is C20H20N4O2. The summed E-state index contributed by atoms with van der Waals surface area (Å²) in [6, 6.07) is 10.9. The summed E-state index contributed by atoms with van der Waals surface area (Å²) < 4.78 is 2.01. The monoisotopic (exact) mass is 348 g/mol. The van der Waals surface area contributed by atoms with E-state index in [0.29, 0.717) is 24.3 Å². The molecule has 0 amide bonds. The zero-order valence-corrected chi connectivity index (χ0v) is 14.5. The van der Waals surface area contributed by atoms with Crippen LogP contribution in [0.2, 0.25) is 0 Å². The van der Waals surface area contributed by atoms with Crippen molar-refractivity contribution in [3.05, 3.63) is 58.5 Å². The van der Waals surface area contributed by atoms with E-state index in [2.05, 4.69) is 9.97 Å². The van der Waals surface area contributed by atoms with Gasteiger partial charge in [0.05, 0.1) is 16.6 Å². The highest BCUT2D eigenvalue weighted by Crippen LogP contribution is 2.31. The third-order valence-electron chi connectivity index (χ3n) is 4.57. The first-order valence-electron chi connectivity index (χ1n) is 8.60. The maximum absolute atomic E-state index is 12.7. The lowest BCUT2D eigenvalue weighted by molar-refractivity contribution is 0.475. The molecule has 0 saturated carbocycles. The van der Waals surface area contributed by atoms with Gasteiger partial charge in [-0.25, -0.2) is 4.98 Å². The molecule has 0 spiro atoms. The Labute approximate surface area is 149 Å². The van der Waals surface area contributed by atoms with E-state index in [4.69, 9.17) is 5.73 Å². The van der Waals surface area contributed by atoms with Crippen LogP contribution < -0.4 is 11.3 Å². The molecule has 0 fully saturated rings. The summed E-state index contributed by atoms with van der Waals surface area (Å²) >= 11 is 0. The molecule has 0 aliphatic rings. The van der Waals surface area contributed by atoms with Gasteiger partial charge >= 0.3 is 0 Å². The third kappa shape index (κ3) is 2.74. The van der Waals surface area contributed by atoms with Crippen LogP contribution >= 0.6 is 0 Å².